The fourth-order valence-electron chi connectivity index (χ4n) is 3.11. The van der Waals surface area contributed by atoms with Crippen LogP contribution < -0.4 is 5.32 Å². The lowest BCUT2D eigenvalue weighted by Gasteiger charge is -2.14. The van der Waals surface area contributed by atoms with Crippen molar-refractivity contribution in [2.45, 2.75) is 25.6 Å². The van der Waals surface area contributed by atoms with Gasteiger partial charge in [-0.25, -0.2) is 9.97 Å². The second kappa shape index (κ2) is 7.07. The lowest BCUT2D eigenvalue weighted by molar-refractivity contribution is -0.137. The number of aromatic nitrogens is 2. The summed E-state index contributed by atoms with van der Waals surface area (Å²) in [5, 5.41) is 3.86. The Bertz CT molecular complexity index is 1090. The molecule has 1 aliphatic heterocycles. The van der Waals surface area contributed by atoms with Gasteiger partial charge in [0.25, 0.3) is 0 Å². The van der Waals surface area contributed by atoms with Crippen LogP contribution in [0.1, 0.15) is 18.9 Å². The summed E-state index contributed by atoms with van der Waals surface area (Å²) in [6.45, 7) is 2.04. The van der Waals surface area contributed by atoms with E-state index in [1.54, 1.807) is 18.2 Å². The van der Waals surface area contributed by atoms with Gasteiger partial charge in [-0.05, 0) is 30.7 Å². The van der Waals surface area contributed by atoms with E-state index in [-0.39, 0.29) is 17.4 Å². The number of nitrogens with one attached hydrogen (secondary N) is 1. The molecule has 1 unspecified atom stereocenters. The van der Waals surface area contributed by atoms with Crippen molar-refractivity contribution in [2.75, 3.05) is 5.32 Å². The van der Waals surface area contributed by atoms with Crippen molar-refractivity contribution in [1.82, 2.24) is 9.97 Å². The van der Waals surface area contributed by atoms with Crippen LogP contribution in [0.3, 0.4) is 0 Å². The summed E-state index contributed by atoms with van der Waals surface area (Å²) < 4.78 is 40.4. The average Bonchev–Trinajstić information content (AvgIpc) is 3.15. The third-order valence-electron chi connectivity index (χ3n) is 4.52. The molecule has 1 N–H and O–H groups in total. The van der Waals surface area contributed by atoms with E-state index < -0.39 is 11.7 Å². The van der Waals surface area contributed by atoms with Gasteiger partial charge in [-0.1, -0.05) is 43.3 Å². The highest BCUT2D eigenvalue weighted by Crippen LogP contribution is 2.36. The van der Waals surface area contributed by atoms with Crippen molar-refractivity contribution in [3.05, 3.63) is 66.2 Å². The average molecular weight is 382 g/mol. The molecule has 0 spiro atoms. The normalized spacial score (nSPS) is 16.4. The lowest BCUT2D eigenvalue weighted by atomic mass is 10.1. The van der Waals surface area contributed by atoms with Crippen molar-refractivity contribution in [3.63, 3.8) is 0 Å². The van der Waals surface area contributed by atoms with Crippen molar-refractivity contribution in [3.8, 4) is 11.4 Å². The number of rotatable bonds is 3. The van der Waals surface area contributed by atoms with E-state index in [2.05, 4.69) is 20.3 Å². The molecule has 1 atom stereocenters. The lowest BCUT2D eigenvalue weighted by Crippen LogP contribution is -2.12. The first-order valence-corrected chi connectivity index (χ1v) is 8.92. The van der Waals surface area contributed by atoms with Gasteiger partial charge < -0.3 is 5.32 Å². The van der Waals surface area contributed by atoms with E-state index >= 15 is 0 Å². The van der Waals surface area contributed by atoms with Crippen LogP contribution in [-0.2, 0) is 6.18 Å². The molecule has 28 heavy (non-hydrogen) atoms. The summed E-state index contributed by atoms with van der Waals surface area (Å²) in [5.74, 6) is 1.08. The molecule has 1 aromatic heterocycles. The predicted octanol–water partition coefficient (Wildman–Crippen LogP) is 5.47. The van der Waals surface area contributed by atoms with Gasteiger partial charge in [0.1, 0.15) is 11.7 Å². The Balaban J connectivity index is 1.85. The van der Waals surface area contributed by atoms with Gasteiger partial charge in [-0.15, -0.1) is 0 Å². The quantitative estimate of drug-likeness (QED) is 0.653. The maximum atomic E-state index is 13.5. The van der Waals surface area contributed by atoms with Crippen LogP contribution in [0.2, 0.25) is 0 Å². The van der Waals surface area contributed by atoms with E-state index in [1.807, 2.05) is 31.2 Å². The summed E-state index contributed by atoms with van der Waals surface area (Å²) in [5.41, 5.74) is -0.263. The van der Waals surface area contributed by atoms with E-state index in [9.17, 15) is 13.2 Å². The standard InChI is InChI=1S/C21H17F3N4/c1-2-13-11-12-18(25-13)27-20-15-8-4-6-10-17(15)26-19(28-20)14-7-3-5-9-16(14)21(22,23)24/h3-13H,2H2,1H3,(H,25,26,27,28). The maximum Gasteiger partial charge on any atom is 0.417 e. The molecule has 142 valence electrons. The minimum Gasteiger partial charge on any atom is -0.325 e. The SMILES string of the molecule is CCC1C=CC(Nc2nc(-c3ccccc3C(F)(F)F)nc3ccccc23)=N1. The molecule has 0 aliphatic carbocycles. The molecule has 7 heteroatoms. The van der Waals surface area contributed by atoms with E-state index in [4.69, 9.17) is 0 Å². The van der Waals surface area contributed by atoms with E-state index in [0.717, 1.165) is 12.5 Å². The Labute approximate surface area is 159 Å². The largest absolute Gasteiger partial charge is 0.417 e. The number of alkyl halides is 3. The minimum absolute atomic E-state index is 0.0174. The molecule has 0 radical (unpaired) electrons. The zero-order valence-electron chi connectivity index (χ0n) is 15.0. The number of benzene rings is 2. The molecule has 0 saturated heterocycles. The summed E-state index contributed by atoms with van der Waals surface area (Å²) in [7, 11) is 0. The Morgan fingerprint density at radius 3 is 2.50 bits per heavy atom. The molecule has 0 bridgehead atoms. The summed E-state index contributed by atoms with van der Waals surface area (Å²) in [4.78, 5) is 13.3. The highest BCUT2D eigenvalue weighted by molar-refractivity contribution is 6.08. The number of hydrogen-bond acceptors (Lipinski definition) is 4. The third-order valence-corrected chi connectivity index (χ3v) is 4.52. The van der Waals surface area contributed by atoms with Crippen molar-refractivity contribution in [1.29, 1.82) is 0 Å². The molecule has 3 aromatic rings. The zero-order valence-corrected chi connectivity index (χ0v) is 15.0. The van der Waals surface area contributed by atoms with Crippen LogP contribution in [0.25, 0.3) is 22.3 Å². The van der Waals surface area contributed by atoms with Gasteiger partial charge in [0, 0.05) is 10.9 Å². The fourth-order valence-corrected chi connectivity index (χ4v) is 3.11. The molecule has 2 heterocycles. The maximum absolute atomic E-state index is 13.5. The second-order valence-corrected chi connectivity index (χ2v) is 6.43. The number of hydrogen-bond donors (Lipinski definition) is 1. The predicted molar refractivity (Wildman–Crippen MR) is 104 cm³/mol. The van der Waals surface area contributed by atoms with Crippen molar-refractivity contribution >= 4 is 22.6 Å². The second-order valence-electron chi connectivity index (χ2n) is 6.43. The summed E-state index contributed by atoms with van der Waals surface area (Å²) in [6, 6.07) is 12.6. The number of para-hydroxylation sites is 1. The van der Waals surface area contributed by atoms with Crippen LogP contribution in [0.4, 0.5) is 19.0 Å². The number of amidine groups is 1. The van der Waals surface area contributed by atoms with Gasteiger partial charge in [0.05, 0.1) is 17.1 Å². The molecule has 0 fully saturated rings. The van der Waals surface area contributed by atoms with Crippen LogP contribution in [0.5, 0.6) is 0 Å². The Kier molecular flexibility index (Phi) is 4.58. The molecule has 0 amide bonds. The van der Waals surface area contributed by atoms with Crippen LogP contribution in [0.15, 0.2) is 65.7 Å². The molecular weight excluding hydrogens is 365 g/mol. The van der Waals surface area contributed by atoms with E-state index in [1.165, 1.54) is 12.1 Å². The summed E-state index contributed by atoms with van der Waals surface area (Å²) in [6.07, 6.45) is 0.210. The van der Waals surface area contributed by atoms with Gasteiger partial charge in [0.15, 0.2) is 5.82 Å². The van der Waals surface area contributed by atoms with Crippen LogP contribution in [0, 0.1) is 0 Å². The molecule has 0 saturated carbocycles. The molecule has 4 nitrogen and oxygen atoms in total. The number of aliphatic imine (C=N–C) groups is 1. The molecule has 1 aliphatic rings. The van der Waals surface area contributed by atoms with Crippen molar-refractivity contribution < 1.29 is 13.2 Å². The smallest absolute Gasteiger partial charge is 0.325 e. The minimum atomic E-state index is -4.49. The highest BCUT2D eigenvalue weighted by atomic mass is 19.4. The van der Waals surface area contributed by atoms with Gasteiger partial charge in [0.2, 0.25) is 0 Å². The number of anilines is 1. The van der Waals surface area contributed by atoms with E-state index in [0.29, 0.717) is 22.6 Å². The monoisotopic (exact) mass is 382 g/mol. The number of fused-ring (bicyclic) bond motifs is 1. The Morgan fingerprint density at radius 1 is 1.00 bits per heavy atom. The third kappa shape index (κ3) is 3.47. The highest BCUT2D eigenvalue weighted by Gasteiger charge is 2.34. The fraction of sp³-hybridized carbons (Fsp3) is 0.190. The number of nitrogens with zero attached hydrogens (tertiary/aromatic N) is 3. The first kappa shape index (κ1) is 18.2. The van der Waals surface area contributed by atoms with Gasteiger partial charge >= 0.3 is 6.18 Å². The van der Waals surface area contributed by atoms with Crippen molar-refractivity contribution in [2.24, 2.45) is 4.99 Å². The van der Waals surface area contributed by atoms with Crippen LogP contribution >= 0.6 is 0 Å². The topological polar surface area (TPSA) is 50.2 Å². The Hall–Kier alpha value is -3.22. The van der Waals surface area contributed by atoms with Crippen LogP contribution in [-0.4, -0.2) is 21.8 Å². The van der Waals surface area contributed by atoms with Gasteiger partial charge in [-0.3, -0.25) is 4.99 Å². The Morgan fingerprint density at radius 2 is 1.75 bits per heavy atom. The molecular formula is C21H17F3N4. The summed E-state index contributed by atoms with van der Waals surface area (Å²) >= 11 is 0. The molecule has 4 rings (SSSR count). The first-order valence-electron chi connectivity index (χ1n) is 8.92. The number of halogens is 3. The first-order chi connectivity index (χ1) is 13.5. The zero-order chi connectivity index (χ0) is 19.7. The van der Waals surface area contributed by atoms with Gasteiger partial charge in [-0.2, -0.15) is 13.2 Å². The molecule has 2 aromatic carbocycles.